The highest BCUT2D eigenvalue weighted by atomic mass is 16.6. The van der Waals surface area contributed by atoms with Crippen LogP contribution in [0.5, 0.6) is 0 Å². The molecular formula is C20H24O5. The van der Waals surface area contributed by atoms with E-state index in [9.17, 15) is 9.59 Å². The first kappa shape index (κ1) is 16.6. The minimum atomic E-state index is -0.440. The molecule has 0 bridgehead atoms. The van der Waals surface area contributed by atoms with Gasteiger partial charge in [-0.25, -0.2) is 9.59 Å². The number of fused-ring (bicyclic) bond motifs is 5. The first-order chi connectivity index (χ1) is 11.8. The van der Waals surface area contributed by atoms with E-state index in [1.807, 2.05) is 0 Å². The number of esters is 2. The molecule has 0 amide bonds. The largest absolute Gasteiger partial charge is 0.458 e. The summed E-state index contributed by atoms with van der Waals surface area (Å²) < 4.78 is 17.4. The van der Waals surface area contributed by atoms with Gasteiger partial charge in [0.05, 0.1) is 12.0 Å². The summed E-state index contributed by atoms with van der Waals surface area (Å²) in [5, 5.41) is 0. The van der Waals surface area contributed by atoms with Gasteiger partial charge in [-0.3, -0.25) is 0 Å². The van der Waals surface area contributed by atoms with E-state index < -0.39 is 6.10 Å². The van der Waals surface area contributed by atoms with E-state index in [-0.39, 0.29) is 41.6 Å². The Kier molecular flexibility index (Phi) is 3.52. The second kappa shape index (κ2) is 5.31. The SMILES string of the molecule is C=C1C(=O)O[C@@H]2[C@@H]1[C@@H](OC(=O)/C(C)=C\C)CC(C)=C1C[C@@H]3O[C@]3(C)[C@H]12. The minimum Gasteiger partial charge on any atom is -0.458 e. The molecule has 3 fully saturated rings. The van der Waals surface area contributed by atoms with Crippen molar-refractivity contribution in [3.05, 3.63) is 34.9 Å². The topological polar surface area (TPSA) is 65.1 Å². The summed E-state index contributed by atoms with van der Waals surface area (Å²) in [6, 6.07) is 0. The van der Waals surface area contributed by atoms with Gasteiger partial charge in [0.1, 0.15) is 17.8 Å². The maximum Gasteiger partial charge on any atom is 0.334 e. The third-order valence-electron chi connectivity index (χ3n) is 6.44. The summed E-state index contributed by atoms with van der Waals surface area (Å²) in [6.07, 6.45) is 2.60. The molecule has 0 N–H and O–H groups in total. The Hall–Kier alpha value is -1.88. The van der Waals surface area contributed by atoms with Crippen molar-refractivity contribution in [1.29, 1.82) is 0 Å². The fourth-order valence-electron chi connectivity index (χ4n) is 4.77. The molecule has 0 aromatic heterocycles. The molecule has 0 spiro atoms. The smallest absolute Gasteiger partial charge is 0.334 e. The van der Waals surface area contributed by atoms with Crippen LogP contribution in [0.1, 0.15) is 40.5 Å². The van der Waals surface area contributed by atoms with Crippen LogP contribution in [0, 0.1) is 11.8 Å². The maximum atomic E-state index is 12.3. The van der Waals surface area contributed by atoms with Crippen molar-refractivity contribution in [2.24, 2.45) is 11.8 Å². The highest BCUT2D eigenvalue weighted by Gasteiger charge is 2.70. The summed E-state index contributed by atoms with van der Waals surface area (Å²) in [7, 11) is 0. The molecule has 6 atom stereocenters. The van der Waals surface area contributed by atoms with E-state index in [1.54, 1.807) is 19.9 Å². The van der Waals surface area contributed by atoms with Gasteiger partial charge in [-0.15, -0.1) is 0 Å². The molecule has 1 saturated carbocycles. The molecule has 0 aromatic carbocycles. The third-order valence-corrected chi connectivity index (χ3v) is 6.44. The van der Waals surface area contributed by atoms with Gasteiger partial charge in [-0.2, -0.15) is 0 Å². The molecule has 5 heteroatoms. The van der Waals surface area contributed by atoms with Gasteiger partial charge in [-0.1, -0.05) is 23.8 Å². The van der Waals surface area contributed by atoms with Gasteiger partial charge < -0.3 is 14.2 Å². The standard InChI is InChI=1S/C20H24O5/c1-6-9(2)18(21)23-13-7-10(3)12-8-14-20(5,25-14)16(12)17-15(13)11(4)19(22)24-17/h6,13-17H,4,7-8H2,1-3,5H3/b9-6-/t13-,14-,15-,16+,17+,20-/m0/s1. The van der Waals surface area contributed by atoms with Gasteiger partial charge in [0.2, 0.25) is 0 Å². The van der Waals surface area contributed by atoms with Crippen LogP contribution in [0.2, 0.25) is 0 Å². The van der Waals surface area contributed by atoms with Crippen LogP contribution >= 0.6 is 0 Å². The number of hydrogen-bond donors (Lipinski definition) is 0. The van der Waals surface area contributed by atoms with Crippen LogP contribution in [-0.2, 0) is 23.8 Å². The van der Waals surface area contributed by atoms with E-state index in [0.29, 0.717) is 17.6 Å². The lowest BCUT2D eigenvalue weighted by Gasteiger charge is -2.30. The van der Waals surface area contributed by atoms with Gasteiger partial charge in [0.25, 0.3) is 0 Å². The van der Waals surface area contributed by atoms with Gasteiger partial charge in [0, 0.05) is 23.5 Å². The Morgan fingerprint density at radius 3 is 2.80 bits per heavy atom. The zero-order chi connectivity index (χ0) is 18.1. The van der Waals surface area contributed by atoms with Crippen LogP contribution in [-0.4, -0.2) is 35.9 Å². The zero-order valence-electron chi connectivity index (χ0n) is 15.1. The number of carbonyl (C=O) groups is 2. The summed E-state index contributed by atoms with van der Waals surface area (Å²) in [4.78, 5) is 24.6. The van der Waals surface area contributed by atoms with Crippen molar-refractivity contribution in [2.75, 3.05) is 0 Å². The van der Waals surface area contributed by atoms with Crippen LogP contribution in [0.25, 0.3) is 0 Å². The van der Waals surface area contributed by atoms with Crippen molar-refractivity contribution < 1.29 is 23.8 Å². The van der Waals surface area contributed by atoms with Crippen molar-refractivity contribution in [1.82, 2.24) is 0 Å². The third kappa shape index (κ3) is 2.25. The quantitative estimate of drug-likeness (QED) is 0.334. The average molecular weight is 344 g/mol. The molecule has 2 aliphatic heterocycles. The summed E-state index contributed by atoms with van der Waals surface area (Å²) in [5.41, 5.74) is 3.21. The second-order valence-electron chi connectivity index (χ2n) is 7.82. The van der Waals surface area contributed by atoms with E-state index in [0.717, 1.165) is 6.42 Å². The second-order valence-corrected chi connectivity index (χ2v) is 7.82. The van der Waals surface area contributed by atoms with Crippen molar-refractivity contribution in [3.8, 4) is 0 Å². The average Bonchev–Trinajstić information content (AvgIpc) is 3.03. The summed E-state index contributed by atoms with van der Waals surface area (Å²) in [6.45, 7) is 11.7. The molecule has 2 saturated heterocycles. The van der Waals surface area contributed by atoms with Crippen molar-refractivity contribution in [3.63, 3.8) is 0 Å². The molecule has 2 aliphatic carbocycles. The summed E-state index contributed by atoms with van der Waals surface area (Å²) >= 11 is 0. The van der Waals surface area contributed by atoms with E-state index in [4.69, 9.17) is 14.2 Å². The minimum absolute atomic E-state index is 0.0252. The Bertz CT molecular complexity index is 745. The highest BCUT2D eigenvalue weighted by Crippen LogP contribution is 2.62. The molecule has 134 valence electrons. The zero-order valence-corrected chi connectivity index (χ0v) is 15.1. The Morgan fingerprint density at radius 2 is 2.12 bits per heavy atom. The molecule has 4 rings (SSSR count). The molecule has 4 aliphatic rings. The lowest BCUT2D eigenvalue weighted by Crippen LogP contribution is -2.40. The Morgan fingerprint density at radius 1 is 1.40 bits per heavy atom. The van der Waals surface area contributed by atoms with E-state index in [1.165, 1.54) is 11.1 Å². The predicted octanol–water partition coefficient (Wildman–Crippen LogP) is 2.86. The molecule has 2 heterocycles. The fraction of sp³-hybridized carbons (Fsp3) is 0.600. The fourth-order valence-corrected chi connectivity index (χ4v) is 4.77. The Labute approximate surface area is 147 Å². The highest BCUT2D eigenvalue weighted by molar-refractivity contribution is 5.92. The van der Waals surface area contributed by atoms with Crippen LogP contribution in [0.4, 0.5) is 0 Å². The maximum absolute atomic E-state index is 12.3. The number of hydrogen-bond acceptors (Lipinski definition) is 5. The molecule has 0 radical (unpaired) electrons. The number of allylic oxidation sites excluding steroid dienone is 1. The van der Waals surface area contributed by atoms with Crippen molar-refractivity contribution >= 4 is 11.9 Å². The molecule has 0 unspecified atom stereocenters. The number of rotatable bonds is 2. The lowest BCUT2D eigenvalue weighted by molar-refractivity contribution is -0.149. The first-order valence-corrected chi connectivity index (χ1v) is 8.88. The number of epoxide rings is 1. The Balaban J connectivity index is 1.73. The van der Waals surface area contributed by atoms with Gasteiger partial charge >= 0.3 is 11.9 Å². The van der Waals surface area contributed by atoms with Gasteiger partial charge in [0.15, 0.2) is 0 Å². The van der Waals surface area contributed by atoms with Crippen LogP contribution in [0.15, 0.2) is 34.9 Å². The normalized spacial score (nSPS) is 42.4. The number of ether oxygens (including phenoxy) is 3. The molecule has 5 nitrogen and oxygen atoms in total. The molecule has 0 aromatic rings. The summed E-state index contributed by atoms with van der Waals surface area (Å²) in [5.74, 6) is -1.03. The monoisotopic (exact) mass is 344 g/mol. The van der Waals surface area contributed by atoms with Crippen molar-refractivity contribution in [2.45, 2.75) is 64.4 Å². The number of carbonyl (C=O) groups excluding carboxylic acids is 2. The first-order valence-electron chi connectivity index (χ1n) is 8.88. The molecule has 25 heavy (non-hydrogen) atoms. The predicted molar refractivity (Wildman–Crippen MR) is 90.5 cm³/mol. The van der Waals surface area contributed by atoms with E-state index in [2.05, 4.69) is 20.4 Å². The van der Waals surface area contributed by atoms with E-state index >= 15 is 0 Å². The molecular weight excluding hydrogens is 320 g/mol. The van der Waals surface area contributed by atoms with Gasteiger partial charge in [-0.05, 0) is 34.1 Å². The van der Waals surface area contributed by atoms with Crippen LogP contribution in [0.3, 0.4) is 0 Å². The lowest BCUT2D eigenvalue weighted by atomic mass is 9.80. The van der Waals surface area contributed by atoms with Crippen LogP contribution < -0.4 is 0 Å².